The molecule has 2 aliphatic rings. The number of aliphatic hydroxyl groups excluding tert-OH is 4. The Labute approximate surface area is 143 Å². The van der Waals surface area contributed by atoms with Gasteiger partial charge in [0.15, 0.2) is 11.6 Å². The van der Waals surface area contributed by atoms with Crippen LogP contribution in [0.3, 0.4) is 0 Å². The molecule has 0 aromatic heterocycles. The zero-order valence-corrected chi connectivity index (χ0v) is 15.1. The molecule has 0 bridgehead atoms. The maximum absolute atomic E-state index is 8.99. The molecular formula is C16H32O8. The van der Waals surface area contributed by atoms with Crippen molar-refractivity contribution in [1.29, 1.82) is 0 Å². The highest BCUT2D eigenvalue weighted by Gasteiger charge is 2.40. The van der Waals surface area contributed by atoms with Crippen LogP contribution in [0.25, 0.3) is 0 Å². The van der Waals surface area contributed by atoms with Gasteiger partial charge in [-0.2, -0.15) is 0 Å². The van der Waals surface area contributed by atoms with Crippen molar-refractivity contribution in [1.82, 2.24) is 0 Å². The first-order valence-electron chi connectivity index (χ1n) is 8.06. The highest BCUT2D eigenvalue weighted by molar-refractivity contribution is 4.82. The van der Waals surface area contributed by atoms with Crippen LogP contribution in [-0.4, -0.2) is 84.9 Å². The number of ether oxygens (including phenoxy) is 4. The van der Waals surface area contributed by atoms with Crippen molar-refractivity contribution in [2.75, 3.05) is 52.9 Å². The van der Waals surface area contributed by atoms with Gasteiger partial charge in [-0.15, -0.1) is 0 Å². The second-order valence-electron chi connectivity index (χ2n) is 7.59. The molecule has 2 heterocycles. The summed E-state index contributed by atoms with van der Waals surface area (Å²) < 4.78 is 21.3. The predicted octanol–water partition coefficient (Wildman–Crippen LogP) is -0.519. The molecule has 0 aromatic carbocycles. The van der Waals surface area contributed by atoms with E-state index in [-0.39, 0.29) is 26.4 Å². The molecule has 2 aliphatic heterocycles. The van der Waals surface area contributed by atoms with E-state index in [2.05, 4.69) is 0 Å². The molecule has 2 rings (SSSR count). The fourth-order valence-electron chi connectivity index (χ4n) is 1.94. The van der Waals surface area contributed by atoms with Gasteiger partial charge in [-0.25, -0.2) is 0 Å². The van der Waals surface area contributed by atoms with Gasteiger partial charge in [0.1, 0.15) is 0 Å². The minimum Gasteiger partial charge on any atom is -0.396 e. The Bertz CT molecular complexity index is 314. The van der Waals surface area contributed by atoms with E-state index >= 15 is 0 Å². The number of hydrogen-bond donors (Lipinski definition) is 4. The highest BCUT2D eigenvalue weighted by atomic mass is 16.7. The van der Waals surface area contributed by atoms with Crippen molar-refractivity contribution in [2.45, 2.75) is 39.3 Å². The zero-order chi connectivity index (χ0) is 18.5. The normalized spacial score (nSPS) is 27.0. The lowest BCUT2D eigenvalue weighted by Crippen LogP contribution is -2.50. The van der Waals surface area contributed by atoms with Crippen LogP contribution in [0, 0.1) is 10.8 Å². The third kappa shape index (κ3) is 5.89. The molecule has 2 saturated heterocycles. The van der Waals surface area contributed by atoms with Gasteiger partial charge < -0.3 is 39.4 Å². The minimum absolute atomic E-state index is 0.112. The lowest BCUT2D eigenvalue weighted by atomic mass is 9.91. The maximum atomic E-state index is 8.99. The summed E-state index contributed by atoms with van der Waals surface area (Å²) in [5, 5.41) is 36.0. The van der Waals surface area contributed by atoms with E-state index in [1.807, 2.05) is 27.7 Å². The molecule has 0 atom stereocenters. The first-order chi connectivity index (χ1) is 11.1. The largest absolute Gasteiger partial charge is 0.396 e. The Morgan fingerprint density at radius 2 is 0.750 bits per heavy atom. The van der Waals surface area contributed by atoms with E-state index in [9.17, 15) is 0 Å². The van der Waals surface area contributed by atoms with Gasteiger partial charge in [-0.1, -0.05) is 0 Å². The average molecular weight is 352 g/mol. The smallest absolute Gasteiger partial charge is 0.162 e. The molecule has 0 aliphatic carbocycles. The van der Waals surface area contributed by atoms with E-state index < -0.39 is 22.4 Å². The predicted molar refractivity (Wildman–Crippen MR) is 85.2 cm³/mol. The lowest BCUT2D eigenvalue weighted by Gasteiger charge is -2.41. The van der Waals surface area contributed by atoms with E-state index in [0.717, 1.165) is 0 Å². The Hall–Kier alpha value is -0.320. The summed E-state index contributed by atoms with van der Waals surface area (Å²) in [6.45, 7) is 8.16. The van der Waals surface area contributed by atoms with Gasteiger partial charge in [-0.3, -0.25) is 0 Å². The van der Waals surface area contributed by atoms with Crippen LogP contribution in [0.15, 0.2) is 0 Å². The summed E-state index contributed by atoms with van der Waals surface area (Å²) in [7, 11) is 0. The quantitative estimate of drug-likeness (QED) is 0.534. The fourth-order valence-corrected chi connectivity index (χ4v) is 1.94. The van der Waals surface area contributed by atoms with Crippen LogP contribution < -0.4 is 0 Å². The van der Waals surface area contributed by atoms with Gasteiger partial charge in [0.25, 0.3) is 0 Å². The third-order valence-electron chi connectivity index (χ3n) is 4.25. The average Bonchev–Trinajstić information content (AvgIpc) is 2.57. The first kappa shape index (κ1) is 21.7. The standard InChI is InChI=1S/2C8H16O4/c2*1-7(2)11-5-8(3-9,4-10)6-12-7/h2*9-10H,3-6H2,1-2H3. The van der Waals surface area contributed by atoms with E-state index in [0.29, 0.717) is 26.4 Å². The van der Waals surface area contributed by atoms with Crippen LogP contribution in [0.2, 0.25) is 0 Å². The summed E-state index contributed by atoms with van der Waals surface area (Å²) in [6.07, 6.45) is 0. The van der Waals surface area contributed by atoms with Gasteiger partial charge >= 0.3 is 0 Å². The first-order valence-corrected chi connectivity index (χ1v) is 8.06. The summed E-state index contributed by atoms with van der Waals surface area (Å²) in [5.74, 6) is -1.18. The molecule has 0 aromatic rings. The molecule has 0 saturated carbocycles. The Morgan fingerprint density at radius 3 is 0.917 bits per heavy atom. The molecule has 0 spiro atoms. The molecule has 24 heavy (non-hydrogen) atoms. The zero-order valence-electron chi connectivity index (χ0n) is 15.1. The summed E-state index contributed by atoms with van der Waals surface area (Å²) in [4.78, 5) is 0. The van der Waals surface area contributed by atoms with Crippen LogP contribution in [0.4, 0.5) is 0 Å². The molecule has 2 fully saturated rings. The summed E-state index contributed by atoms with van der Waals surface area (Å²) in [5.41, 5.74) is -1.23. The van der Waals surface area contributed by atoms with Gasteiger partial charge in [0.2, 0.25) is 0 Å². The van der Waals surface area contributed by atoms with Crippen molar-refractivity contribution in [3.05, 3.63) is 0 Å². The Balaban J connectivity index is 0.000000240. The molecule has 4 N–H and O–H groups in total. The number of rotatable bonds is 4. The highest BCUT2D eigenvalue weighted by Crippen LogP contribution is 2.29. The SMILES string of the molecule is CC1(C)OCC(CO)(CO)CO1.CC1(C)OCC(CO)(CO)CO1. The van der Waals surface area contributed by atoms with E-state index in [4.69, 9.17) is 39.4 Å². The van der Waals surface area contributed by atoms with Crippen LogP contribution in [0.1, 0.15) is 27.7 Å². The van der Waals surface area contributed by atoms with E-state index in [1.165, 1.54) is 0 Å². The third-order valence-corrected chi connectivity index (χ3v) is 4.25. The maximum Gasteiger partial charge on any atom is 0.162 e. The van der Waals surface area contributed by atoms with Gasteiger partial charge in [-0.05, 0) is 27.7 Å². The van der Waals surface area contributed by atoms with Crippen molar-refractivity contribution < 1.29 is 39.4 Å². The molecular weight excluding hydrogens is 320 g/mol. The van der Waals surface area contributed by atoms with Crippen LogP contribution >= 0.6 is 0 Å². The van der Waals surface area contributed by atoms with Gasteiger partial charge in [0.05, 0.1) is 63.7 Å². The molecule has 8 nitrogen and oxygen atoms in total. The van der Waals surface area contributed by atoms with Crippen molar-refractivity contribution >= 4 is 0 Å². The molecule has 0 amide bonds. The van der Waals surface area contributed by atoms with Crippen molar-refractivity contribution in [3.8, 4) is 0 Å². The Kier molecular flexibility index (Phi) is 7.58. The molecule has 8 heteroatoms. The Morgan fingerprint density at radius 1 is 0.542 bits per heavy atom. The fraction of sp³-hybridized carbons (Fsp3) is 1.00. The molecule has 0 radical (unpaired) electrons. The van der Waals surface area contributed by atoms with Crippen molar-refractivity contribution in [2.24, 2.45) is 10.8 Å². The number of aliphatic hydroxyl groups is 4. The second kappa shape index (κ2) is 8.37. The minimum atomic E-state index is -0.616. The topological polar surface area (TPSA) is 118 Å². The van der Waals surface area contributed by atoms with Crippen LogP contribution in [0.5, 0.6) is 0 Å². The summed E-state index contributed by atoms with van der Waals surface area (Å²) >= 11 is 0. The molecule has 144 valence electrons. The van der Waals surface area contributed by atoms with Crippen molar-refractivity contribution in [3.63, 3.8) is 0 Å². The monoisotopic (exact) mass is 352 g/mol. The number of hydrogen-bond acceptors (Lipinski definition) is 8. The molecule has 0 unspecified atom stereocenters. The van der Waals surface area contributed by atoms with Gasteiger partial charge in [0, 0.05) is 0 Å². The lowest BCUT2D eigenvalue weighted by molar-refractivity contribution is -0.295. The summed E-state index contributed by atoms with van der Waals surface area (Å²) in [6, 6.07) is 0. The van der Waals surface area contributed by atoms with Crippen LogP contribution in [-0.2, 0) is 18.9 Å². The second-order valence-corrected chi connectivity index (χ2v) is 7.59. The van der Waals surface area contributed by atoms with E-state index in [1.54, 1.807) is 0 Å².